The van der Waals surface area contributed by atoms with Crippen LogP contribution in [0.25, 0.3) is 0 Å². The quantitative estimate of drug-likeness (QED) is 0.591. The fourth-order valence-electron chi connectivity index (χ4n) is 3.63. The van der Waals surface area contributed by atoms with Gasteiger partial charge in [-0.05, 0) is 54.4 Å². The van der Waals surface area contributed by atoms with Crippen LogP contribution in [0.5, 0.6) is 11.5 Å². The third-order valence-electron chi connectivity index (χ3n) is 5.10. The van der Waals surface area contributed by atoms with E-state index < -0.39 is 23.8 Å². The summed E-state index contributed by atoms with van der Waals surface area (Å²) in [7, 11) is 0. The highest BCUT2D eigenvalue weighted by molar-refractivity contribution is 6.23. The third-order valence-corrected chi connectivity index (χ3v) is 5.10. The van der Waals surface area contributed by atoms with Gasteiger partial charge in [-0.25, -0.2) is 0 Å². The van der Waals surface area contributed by atoms with Gasteiger partial charge in [0.25, 0.3) is 11.8 Å². The highest BCUT2D eigenvalue weighted by Gasteiger charge is 2.43. The zero-order valence-corrected chi connectivity index (χ0v) is 17.2. The van der Waals surface area contributed by atoms with Crippen molar-refractivity contribution < 1.29 is 19.1 Å². The molecule has 3 aromatic carbocycles. The highest BCUT2D eigenvalue weighted by atomic mass is 16.5. The molecule has 1 aliphatic heterocycles. The molecule has 1 atom stereocenters. The number of carbonyl (C=O) groups is 3. The van der Waals surface area contributed by atoms with Crippen molar-refractivity contribution in [2.75, 3.05) is 5.32 Å². The van der Waals surface area contributed by atoms with E-state index in [1.807, 2.05) is 44.2 Å². The van der Waals surface area contributed by atoms with Gasteiger partial charge in [-0.15, -0.1) is 0 Å². The second-order valence-corrected chi connectivity index (χ2v) is 7.64. The van der Waals surface area contributed by atoms with Gasteiger partial charge in [0.15, 0.2) is 0 Å². The first-order valence-electron chi connectivity index (χ1n) is 10.1. The minimum Gasteiger partial charge on any atom is -0.457 e. The van der Waals surface area contributed by atoms with E-state index in [1.54, 1.807) is 48.5 Å². The van der Waals surface area contributed by atoms with Crippen molar-refractivity contribution in [3.05, 3.63) is 90.0 Å². The van der Waals surface area contributed by atoms with E-state index in [-0.39, 0.29) is 5.92 Å². The molecule has 0 spiro atoms. The number of hydrogen-bond acceptors (Lipinski definition) is 4. The largest absolute Gasteiger partial charge is 0.457 e. The van der Waals surface area contributed by atoms with Crippen molar-refractivity contribution in [3.8, 4) is 11.5 Å². The standard InChI is InChI=1S/C25H22N2O4/c1-16(2)22(27-24(29)20-10-6-7-11-21(20)25(27)30)23(28)26-17-12-14-19(15-13-17)31-18-8-4-3-5-9-18/h3-16,22H,1-2H3,(H,26,28). The molecule has 31 heavy (non-hydrogen) atoms. The zero-order valence-electron chi connectivity index (χ0n) is 17.2. The zero-order chi connectivity index (χ0) is 22.0. The number of carbonyl (C=O) groups excluding carboxylic acids is 3. The number of amides is 3. The van der Waals surface area contributed by atoms with Crippen LogP contribution in [0.4, 0.5) is 5.69 Å². The van der Waals surface area contributed by atoms with Crippen LogP contribution in [0.15, 0.2) is 78.9 Å². The van der Waals surface area contributed by atoms with Gasteiger partial charge >= 0.3 is 0 Å². The Balaban J connectivity index is 1.50. The van der Waals surface area contributed by atoms with Gasteiger partial charge in [0, 0.05) is 5.69 Å². The van der Waals surface area contributed by atoms with E-state index in [4.69, 9.17) is 4.74 Å². The van der Waals surface area contributed by atoms with E-state index in [2.05, 4.69) is 5.32 Å². The second-order valence-electron chi connectivity index (χ2n) is 7.64. The van der Waals surface area contributed by atoms with Crippen molar-refractivity contribution in [3.63, 3.8) is 0 Å². The molecule has 1 unspecified atom stereocenters. The lowest BCUT2D eigenvalue weighted by Crippen LogP contribution is -2.50. The maximum absolute atomic E-state index is 13.1. The number of hydrogen-bond donors (Lipinski definition) is 1. The summed E-state index contributed by atoms with van der Waals surface area (Å²) in [4.78, 5) is 39.8. The Morgan fingerprint density at radius 3 is 1.84 bits per heavy atom. The molecule has 1 aliphatic rings. The monoisotopic (exact) mass is 414 g/mol. The van der Waals surface area contributed by atoms with E-state index >= 15 is 0 Å². The van der Waals surface area contributed by atoms with E-state index in [0.717, 1.165) is 4.90 Å². The van der Waals surface area contributed by atoms with Crippen molar-refractivity contribution >= 4 is 23.4 Å². The molecule has 3 aromatic rings. The number of nitrogens with zero attached hydrogens (tertiary/aromatic N) is 1. The number of anilines is 1. The van der Waals surface area contributed by atoms with Gasteiger partial charge in [0.2, 0.25) is 5.91 Å². The second kappa shape index (κ2) is 8.44. The lowest BCUT2D eigenvalue weighted by atomic mass is 10.0. The normalized spacial score (nSPS) is 13.8. The van der Waals surface area contributed by atoms with E-state index in [1.165, 1.54) is 0 Å². The number of para-hydroxylation sites is 1. The van der Waals surface area contributed by atoms with Gasteiger partial charge in [-0.1, -0.05) is 44.2 Å². The van der Waals surface area contributed by atoms with Crippen molar-refractivity contribution in [2.24, 2.45) is 5.92 Å². The van der Waals surface area contributed by atoms with Gasteiger partial charge in [-0.3, -0.25) is 19.3 Å². The van der Waals surface area contributed by atoms with Crippen LogP contribution in [0, 0.1) is 5.92 Å². The molecule has 1 heterocycles. The molecular weight excluding hydrogens is 392 g/mol. The molecular formula is C25H22N2O4. The Morgan fingerprint density at radius 1 is 0.774 bits per heavy atom. The fraction of sp³-hybridized carbons (Fsp3) is 0.160. The molecule has 0 aromatic heterocycles. The molecule has 0 radical (unpaired) electrons. The first-order chi connectivity index (χ1) is 15.0. The summed E-state index contributed by atoms with van der Waals surface area (Å²) in [5, 5.41) is 2.82. The lowest BCUT2D eigenvalue weighted by molar-refractivity contribution is -0.121. The van der Waals surface area contributed by atoms with Gasteiger partial charge in [0.05, 0.1) is 11.1 Å². The lowest BCUT2D eigenvalue weighted by Gasteiger charge is -2.28. The molecule has 6 heteroatoms. The summed E-state index contributed by atoms with van der Waals surface area (Å²) in [6.45, 7) is 3.62. The van der Waals surface area contributed by atoms with Crippen molar-refractivity contribution in [1.82, 2.24) is 4.90 Å². The molecule has 0 saturated heterocycles. The van der Waals surface area contributed by atoms with Crippen LogP contribution >= 0.6 is 0 Å². The molecule has 156 valence electrons. The Kier molecular flexibility index (Phi) is 5.54. The molecule has 4 rings (SSSR count). The third kappa shape index (κ3) is 4.05. The minimum atomic E-state index is -0.923. The molecule has 0 aliphatic carbocycles. The Labute approximate surface area is 180 Å². The summed E-state index contributed by atoms with van der Waals surface area (Å²) in [6, 6.07) is 22.0. The average Bonchev–Trinajstić information content (AvgIpc) is 3.01. The van der Waals surface area contributed by atoms with Crippen LogP contribution in [0.1, 0.15) is 34.6 Å². The van der Waals surface area contributed by atoms with E-state index in [0.29, 0.717) is 28.3 Å². The molecule has 6 nitrogen and oxygen atoms in total. The summed E-state index contributed by atoms with van der Waals surface area (Å²) in [5.41, 5.74) is 1.20. The number of benzene rings is 3. The number of imide groups is 1. The SMILES string of the molecule is CC(C)C(C(=O)Nc1ccc(Oc2ccccc2)cc1)N1C(=O)c2ccccc2C1=O. The fourth-order valence-corrected chi connectivity index (χ4v) is 3.63. The number of nitrogens with one attached hydrogen (secondary N) is 1. The molecule has 0 saturated carbocycles. The van der Waals surface area contributed by atoms with Crippen molar-refractivity contribution in [2.45, 2.75) is 19.9 Å². The van der Waals surface area contributed by atoms with Gasteiger partial charge in [-0.2, -0.15) is 0 Å². The number of fused-ring (bicyclic) bond motifs is 1. The molecule has 0 bridgehead atoms. The molecule has 3 amide bonds. The maximum Gasteiger partial charge on any atom is 0.262 e. The summed E-state index contributed by atoms with van der Waals surface area (Å²) >= 11 is 0. The average molecular weight is 414 g/mol. The first kappa shape index (κ1) is 20.3. The summed E-state index contributed by atoms with van der Waals surface area (Å²) < 4.78 is 5.76. The molecule has 1 N–H and O–H groups in total. The first-order valence-corrected chi connectivity index (χ1v) is 10.1. The van der Waals surface area contributed by atoms with Crippen molar-refractivity contribution in [1.29, 1.82) is 0 Å². The predicted molar refractivity (Wildman–Crippen MR) is 117 cm³/mol. The van der Waals surface area contributed by atoms with Gasteiger partial charge < -0.3 is 10.1 Å². The smallest absolute Gasteiger partial charge is 0.262 e. The van der Waals surface area contributed by atoms with Crippen LogP contribution in [0.3, 0.4) is 0 Å². The number of ether oxygens (including phenoxy) is 1. The number of rotatable bonds is 6. The van der Waals surface area contributed by atoms with Crippen LogP contribution in [0.2, 0.25) is 0 Å². The van der Waals surface area contributed by atoms with Gasteiger partial charge in [0.1, 0.15) is 17.5 Å². The van der Waals surface area contributed by atoms with Crippen LogP contribution < -0.4 is 10.1 Å². The predicted octanol–water partition coefficient (Wildman–Crippen LogP) is 4.74. The van der Waals surface area contributed by atoms with Crippen LogP contribution in [-0.4, -0.2) is 28.7 Å². The Hall–Kier alpha value is -3.93. The topological polar surface area (TPSA) is 75.7 Å². The Bertz CT molecular complexity index is 1090. The van der Waals surface area contributed by atoms with E-state index in [9.17, 15) is 14.4 Å². The molecule has 0 fully saturated rings. The van der Waals surface area contributed by atoms with Crippen LogP contribution in [-0.2, 0) is 4.79 Å². The summed E-state index contributed by atoms with van der Waals surface area (Å²) in [5.74, 6) is -0.221. The summed E-state index contributed by atoms with van der Waals surface area (Å²) in [6.07, 6.45) is 0. The maximum atomic E-state index is 13.1. The highest BCUT2D eigenvalue weighted by Crippen LogP contribution is 2.28. The Morgan fingerprint density at radius 2 is 1.29 bits per heavy atom. The minimum absolute atomic E-state index is 0.261.